The fourth-order valence-corrected chi connectivity index (χ4v) is 5.44. The standard InChI is InChI=1S/C17H17INO4/c1-21-6-7-22-11-2-3-15-12(8-11)17(10-23-15)13-9-18-5-4-14(13)19-16(17)20/h2-4,8-9H,5-7,10H2,1H3,(H,19,20)/q-1. The van der Waals surface area contributed by atoms with Crippen molar-refractivity contribution in [3.05, 3.63) is 45.2 Å². The van der Waals surface area contributed by atoms with Crippen LogP contribution in [0.25, 0.3) is 0 Å². The molecule has 0 aliphatic carbocycles. The van der Waals surface area contributed by atoms with Gasteiger partial charge in [0, 0.05) is 0 Å². The van der Waals surface area contributed by atoms with E-state index in [9.17, 15) is 4.79 Å². The van der Waals surface area contributed by atoms with Gasteiger partial charge in [-0.2, -0.15) is 0 Å². The first-order valence-electron chi connectivity index (χ1n) is 7.45. The Balaban J connectivity index is 1.74. The number of carbonyl (C=O) groups excluding carboxylic acids is 1. The van der Waals surface area contributed by atoms with E-state index >= 15 is 0 Å². The van der Waals surface area contributed by atoms with Crippen molar-refractivity contribution in [1.29, 1.82) is 0 Å². The Kier molecular flexibility index (Phi) is 3.81. The third-order valence-electron chi connectivity index (χ3n) is 4.35. The zero-order chi connectivity index (χ0) is 15.9. The van der Waals surface area contributed by atoms with Crippen LogP contribution in [0.15, 0.2) is 39.6 Å². The second-order valence-corrected chi connectivity index (χ2v) is 7.98. The number of hydrogen-bond acceptors (Lipinski definition) is 4. The number of methoxy groups -OCH3 is 1. The predicted octanol–water partition coefficient (Wildman–Crippen LogP) is -1.66. The molecule has 0 radical (unpaired) electrons. The van der Waals surface area contributed by atoms with Gasteiger partial charge in [-0.15, -0.1) is 0 Å². The van der Waals surface area contributed by atoms with Crippen molar-refractivity contribution in [3.8, 4) is 11.5 Å². The zero-order valence-electron chi connectivity index (χ0n) is 12.7. The SMILES string of the molecule is COCCOc1ccc2c(c1)C1(CO2)C(=O)NC2=CC[I-]C=C21. The number of alkyl halides is 1. The molecule has 0 saturated carbocycles. The van der Waals surface area contributed by atoms with Gasteiger partial charge < -0.3 is 0 Å². The van der Waals surface area contributed by atoms with Gasteiger partial charge >= 0.3 is 145 Å². The molecule has 1 N–H and O–H groups in total. The summed E-state index contributed by atoms with van der Waals surface area (Å²) in [6.45, 7) is 1.37. The Bertz CT molecular complexity index is 727. The maximum atomic E-state index is 12.8. The molecular formula is C17H17INO4-. The predicted molar refractivity (Wildman–Crippen MR) is 80.2 cm³/mol. The number of rotatable bonds is 4. The van der Waals surface area contributed by atoms with Gasteiger partial charge in [0.15, 0.2) is 0 Å². The molecule has 1 atom stereocenters. The van der Waals surface area contributed by atoms with Gasteiger partial charge in [-0.3, -0.25) is 0 Å². The number of ether oxygens (including phenoxy) is 3. The van der Waals surface area contributed by atoms with Gasteiger partial charge in [0.25, 0.3) is 0 Å². The zero-order valence-corrected chi connectivity index (χ0v) is 14.9. The molecule has 1 aromatic carbocycles. The summed E-state index contributed by atoms with van der Waals surface area (Å²) in [6, 6.07) is 5.70. The molecule has 122 valence electrons. The van der Waals surface area contributed by atoms with Crippen molar-refractivity contribution in [2.24, 2.45) is 0 Å². The van der Waals surface area contributed by atoms with Crippen LogP contribution >= 0.6 is 0 Å². The van der Waals surface area contributed by atoms with Crippen LogP contribution < -0.4 is 36.0 Å². The van der Waals surface area contributed by atoms with Gasteiger partial charge in [-0.05, 0) is 0 Å². The van der Waals surface area contributed by atoms with E-state index < -0.39 is 5.41 Å². The van der Waals surface area contributed by atoms with Crippen LogP contribution in [-0.4, -0.2) is 37.3 Å². The van der Waals surface area contributed by atoms with Gasteiger partial charge in [-0.25, -0.2) is 0 Å². The molecule has 0 bridgehead atoms. The first-order chi connectivity index (χ1) is 11.3. The summed E-state index contributed by atoms with van der Waals surface area (Å²) in [5.41, 5.74) is 2.25. The first kappa shape index (κ1) is 15.0. The van der Waals surface area contributed by atoms with E-state index in [0.717, 1.165) is 32.8 Å². The van der Waals surface area contributed by atoms with Gasteiger partial charge in [0.2, 0.25) is 0 Å². The van der Waals surface area contributed by atoms with Crippen LogP contribution in [0.1, 0.15) is 5.56 Å². The summed E-state index contributed by atoms with van der Waals surface area (Å²) in [7, 11) is 1.64. The summed E-state index contributed by atoms with van der Waals surface area (Å²) in [6.07, 6.45) is 2.15. The fourth-order valence-electron chi connectivity index (χ4n) is 3.18. The van der Waals surface area contributed by atoms with Crippen LogP contribution in [0.2, 0.25) is 0 Å². The van der Waals surface area contributed by atoms with Crippen molar-refractivity contribution < 1.29 is 40.2 Å². The minimum absolute atomic E-state index is 0.00806. The second-order valence-electron chi connectivity index (χ2n) is 5.60. The molecule has 1 aromatic rings. The fraction of sp³-hybridized carbons (Fsp3) is 0.353. The van der Waals surface area contributed by atoms with E-state index in [-0.39, 0.29) is 27.1 Å². The van der Waals surface area contributed by atoms with Crippen LogP contribution in [0.4, 0.5) is 0 Å². The molecule has 3 heterocycles. The quantitative estimate of drug-likeness (QED) is 0.356. The number of nitrogens with one attached hydrogen (secondary N) is 1. The molecule has 3 aliphatic heterocycles. The van der Waals surface area contributed by atoms with Crippen LogP contribution in [0.5, 0.6) is 11.5 Å². The Morgan fingerprint density at radius 3 is 3.17 bits per heavy atom. The number of amides is 1. The average Bonchev–Trinajstić information content (AvgIpc) is 3.08. The normalized spacial score (nSPS) is 24.8. The van der Waals surface area contributed by atoms with E-state index in [0.29, 0.717) is 19.8 Å². The third-order valence-corrected chi connectivity index (χ3v) is 6.37. The van der Waals surface area contributed by atoms with Crippen molar-refractivity contribution in [2.45, 2.75) is 5.41 Å². The Hall–Kier alpha value is -1.54. The van der Waals surface area contributed by atoms with E-state index in [4.69, 9.17) is 14.2 Å². The molecule has 0 aromatic heterocycles. The topological polar surface area (TPSA) is 56.8 Å². The van der Waals surface area contributed by atoms with E-state index in [1.165, 1.54) is 0 Å². The summed E-state index contributed by atoms with van der Waals surface area (Å²) >= 11 is -0.0270. The number of hydrogen-bond donors (Lipinski definition) is 1. The molecule has 1 spiro atoms. The van der Waals surface area contributed by atoms with E-state index in [1.807, 2.05) is 18.2 Å². The molecule has 6 heteroatoms. The summed E-state index contributed by atoms with van der Waals surface area (Å²) < 4.78 is 19.9. The average molecular weight is 426 g/mol. The molecule has 5 nitrogen and oxygen atoms in total. The van der Waals surface area contributed by atoms with Gasteiger partial charge in [-0.1, -0.05) is 0 Å². The van der Waals surface area contributed by atoms with Crippen molar-refractivity contribution >= 4 is 5.91 Å². The number of carbonyl (C=O) groups is 1. The molecule has 1 amide bonds. The molecule has 1 unspecified atom stereocenters. The minimum atomic E-state index is -0.706. The van der Waals surface area contributed by atoms with Gasteiger partial charge in [0.1, 0.15) is 0 Å². The van der Waals surface area contributed by atoms with Crippen LogP contribution in [0.3, 0.4) is 0 Å². The molecule has 3 aliphatic rings. The maximum absolute atomic E-state index is 12.8. The monoisotopic (exact) mass is 426 g/mol. The number of fused-ring (bicyclic) bond motifs is 4. The van der Waals surface area contributed by atoms with Crippen molar-refractivity contribution in [1.82, 2.24) is 5.32 Å². The molecule has 1 fully saturated rings. The Morgan fingerprint density at radius 1 is 1.39 bits per heavy atom. The van der Waals surface area contributed by atoms with Gasteiger partial charge in [0.05, 0.1) is 0 Å². The number of halogens is 1. The molecular weight excluding hydrogens is 409 g/mol. The molecule has 23 heavy (non-hydrogen) atoms. The summed E-state index contributed by atoms with van der Waals surface area (Å²) in [5.74, 6) is 1.51. The molecule has 1 saturated heterocycles. The summed E-state index contributed by atoms with van der Waals surface area (Å²) in [4.78, 5) is 12.8. The van der Waals surface area contributed by atoms with Crippen LogP contribution in [-0.2, 0) is 14.9 Å². The second kappa shape index (κ2) is 5.83. The van der Waals surface area contributed by atoms with Crippen LogP contribution in [0, 0.1) is 0 Å². The Morgan fingerprint density at radius 2 is 2.30 bits per heavy atom. The van der Waals surface area contributed by atoms with E-state index in [1.54, 1.807) is 7.11 Å². The molecule has 4 rings (SSSR count). The first-order valence-corrected chi connectivity index (χ1v) is 10.2. The number of benzene rings is 1. The Labute approximate surface area is 144 Å². The van der Waals surface area contributed by atoms with Crippen molar-refractivity contribution in [3.63, 3.8) is 0 Å². The summed E-state index contributed by atoms with van der Waals surface area (Å²) in [5, 5.41) is 3.03. The number of allylic oxidation sites excluding steroid dienone is 2. The van der Waals surface area contributed by atoms with Crippen molar-refractivity contribution in [2.75, 3.05) is 31.4 Å². The van der Waals surface area contributed by atoms with E-state index in [2.05, 4.69) is 15.5 Å². The third kappa shape index (κ3) is 2.27.